The molecule has 0 aliphatic heterocycles. The van der Waals surface area contributed by atoms with Crippen LogP contribution in [0.3, 0.4) is 0 Å². The van der Waals surface area contributed by atoms with Crippen LogP contribution in [0.4, 0.5) is 0 Å². The van der Waals surface area contributed by atoms with Gasteiger partial charge in [-0.15, -0.1) is 0 Å². The van der Waals surface area contributed by atoms with Crippen molar-refractivity contribution in [2.75, 3.05) is 0 Å². The van der Waals surface area contributed by atoms with E-state index in [9.17, 15) is 24.3 Å². The quantitative estimate of drug-likeness (QED) is 0.0397. The molecule has 12 nitrogen and oxygen atoms in total. The number of halogens is 2. The van der Waals surface area contributed by atoms with Crippen LogP contribution in [0.25, 0.3) is 21.8 Å². The molecular weight excluding hydrogens is 648 g/mol. The molecule has 0 bridgehead atoms. The molecule has 0 aromatic carbocycles. The number of aromatic nitrogens is 4. The first-order valence-corrected chi connectivity index (χ1v) is 10.5. The summed E-state index contributed by atoms with van der Waals surface area (Å²) in [6, 6.07) is 0. The van der Waals surface area contributed by atoms with Gasteiger partial charge in [-0.1, -0.05) is 30.6 Å². The summed E-state index contributed by atoms with van der Waals surface area (Å²) in [5.41, 5.74) is 2.91. The molecule has 4 rings (SSSR count). The van der Waals surface area contributed by atoms with Gasteiger partial charge in [-0.2, -0.15) is 0 Å². The number of pyridine rings is 2. The van der Waals surface area contributed by atoms with Crippen molar-refractivity contribution in [1.29, 1.82) is 0 Å². The molecule has 4 aromatic heterocycles. The minimum absolute atomic E-state index is 0. The average molecular weight is 669 g/mol. The number of ketones is 3. The molecular formula is C23H20Cl2K3N4O8. The molecule has 0 spiro atoms. The van der Waals surface area contributed by atoms with Gasteiger partial charge in [-0.25, -0.2) is 9.97 Å². The predicted molar refractivity (Wildman–Crippen MR) is 136 cm³/mol. The molecule has 197 valence electrons. The van der Waals surface area contributed by atoms with E-state index in [0.717, 1.165) is 5.56 Å². The molecule has 1 radical (unpaired) electrons. The van der Waals surface area contributed by atoms with E-state index < -0.39 is 23.3 Å². The third kappa shape index (κ3) is 11.4. The van der Waals surface area contributed by atoms with Crippen molar-refractivity contribution in [3.8, 4) is 0 Å². The number of carbonyl (C=O) groups is 5. The van der Waals surface area contributed by atoms with E-state index in [-0.39, 0.29) is 179 Å². The van der Waals surface area contributed by atoms with Crippen LogP contribution in [0, 0.1) is 13.8 Å². The summed E-state index contributed by atoms with van der Waals surface area (Å²) >= 11 is 11.7. The second-order valence-corrected chi connectivity index (χ2v) is 7.78. The Hall–Kier alpha value is 0.779. The largest absolute Gasteiger partial charge is 1.00 e. The minimum atomic E-state index is -1.74. The fourth-order valence-corrected chi connectivity index (χ4v) is 3.61. The first-order valence-electron chi connectivity index (χ1n) is 9.73. The Morgan fingerprint density at radius 3 is 1.52 bits per heavy atom. The number of rotatable bonds is 5. The molecule has 0 aliphatic carbocycles. The van der Waals surface area contributed by atoms with E-state index >= 15 is 0 Å². The molecule has 0 aliphatic rings. The summed E-state index contributed by atoms with van der Waals surface area (Å²) in [5.74, 6) is -3.82. The second-order valence-electron chi connectivity index (χ2n) is 7.06. The number of aliphatic carboxylic acids is 1. The molecule has 4 aromatic rings. The number of hydrogen-bond acceptors (Lipinski definition) is 10. The first-order chi connectivity index (χ1) is 17.0. The van der Waals surface area contributed by atoms with E-state index in [0.29, 0.717) is 38.1 Å². The Kier molecular flexibility index (Phi) is 24.3. The van der Waals surface area contributed by atoms with E-state index in [1.165, 1.54) is 25.5 Å². The van der Waals surface area contributed by atoms with Crippen LogP contribution >= 0.6 is 23.2 Å². The van der Waals surface area contributed by atoms with Crippen LogP contribution in [0.2, 0.25) is 10.3 Å². The van der Waals surface area contributed by atoms with Gasteiger partial charge >= 0.3 is 103 Å². The van der Waals surface area contributed by atoms with Crippen LogP contribution in [0.1, 0.15) is 46.2 Å². The van der Waals surface area contributed by atoms with Gasteiger partial charge in [0.1, 0.15) is 5.97 Å². The van der Waals surface area contributed by atoms with Crippen molar-refractivity contribution in [1.82, 2.24) is 19.9 Å². The van der Waals surface area contributed by atoms with E-state index in [2.05, 4.69) is 24.8 Å². The smallest absolute Gasteiger partial charge is 0.662 e. The molecule has 0 saturated carbocycles. The molecule has 4 heterocycles. The van der Waals surface area contributed by atoms with Crippen molar-refractivity contribution in [3.05, 3.63) is 57.3 Å². The Morgan fingerprint density at radius 1 is 0.875 bits per heavy atom. The number of H-pyrrole nitrogens is 2. The van der Waals surface area contributed by atoms with Crippen molar-refractivity contribution < 1.29 is 142 Å². The molecule has 17 heteroatoms. The number of carbonyl (C=O) groups excluding carboxylic acids is 5. The minimum Gasteiger partial charge on any atom is -0.662 e. The number of aryl methyl sites for hydroxylation is 2. The van der Waals surface area contributed by atoms with Gasteiger partial charge in [0.05, 0.1) is 16.6 Å². The number of nitrogens with zero attached hydrogens (tertiary/aromatic N) is 2. The number of aromatic amines is 2. The van der Waals surface area contributed by atoms with Crippen LogP contribution in [0.15, 0.2) is 24.8 Å². The molecule has 2 N–H and O–H groups in total. The van der Waals surface area contributed by atoms with Crippen LogP contribution < -0.4 is 113 Å². The number of fused-ring (bicyclic) bond motifs is 2. The predicted octanol–water partition coefficient (Wildman–Crippen LogP) is -4.55. The normalized spacial score (nSPS) is 9.05. The number of Topliss-reactive ketones (excluding diaryl/α,β-unsaturated/α-hetero) is 3. The Labute approximate surface area is 366 Å². The average Bonchev–Trinajstić information content (AvgIpc) is 3.50. The van der Waals surface area contributed by atoms with Crippen molar-refractivity contribution in [2.24, 2.45) is 0 Å². The van der Waals surface area contributed by atoms with E-state index in [4.69, 9.17) is 33.3 Å². The maximum atomic E-state index is 11.7. The Bertz CT molecular complexity index is 1400. The fraction of sp³-hybridized carbons (Fsp3) is 0.174. The molecule has 0 saturated heterocycles. The maximum absolute atomic E-state index is 11.7. The molecule has 40 heavy (non-hydrogen) atoms. The van der Waals surface area contributed by atoms with Crippen molar-refractivity contribution in [2.45, 2.75) is 28.2 Å². The summed E-state index contributed by atoms with van der Waals surface area (Å²) in [4.78, 5) is 69.3. The molecule has 0 atom stereocenters. The third-order valence-corrected chi connectivity index (χ3v) is 5.31. The van der Waals surface area contributed by atoms with Gasteiger partial charge in [0, 0.05) is 99.4 Å². The topological polar surface area (TPSA) is 198 Å². The number of carboxylic acid groups (broad SMARTS) is 1. The van der Waals surface area contributed by atoms with Crippen molar-refractivity contribution in [3.63, 3.8) is 0 Å². The van der Waals surface area contributed by atoms with Gasteiger partial charge in [0.25, 0.3) is 6.47 Å². The van der Waals surface area contributed by atoms with E-state index in [1.54, 1.807) is 13.1 Å². The second kappa shape index (κ2) is 21.5. The third-order valence-electron chi connectivity index (χ3n) is 4.74. The van der Waals surface area contributed by atoms with Crippen LogP contribution in [-0.4, -0.2) is 101 Å². The van der Waals surface area contributed by atoms with Crippen LogP contribution in [0.5, 0.6) is 0 Å². The van der Waals surface area contributed by atoms with E-state index in [1.807, 2.05) is 6.92 Å². The summed E-state index contributed by atoms with van der Waals surface area (Å²) in [5, 5.41) is 20.6. The Balaban J connectivity index is -0.000000555. The number of hydrogen-bond donors (Lipinski definition) is 2. The van der Waals surface area contributed by atoms with Gasteiger partial charge in [-0.05, 0) is 25.0 Å². The standard InChI is InChI=1S/C11H9ClN2O2.C10H7ClN2O3.CH2O3.CH4.3K/c1-5-3-14-11(12)9-8(5)7(4-13-9)10(16)6(2)15;1-4-2-13-9(11)7-6(4)5(3-12-7)8(14)10(15)16;2-1-4-3;;;;/h3-4,13H,1-2H3;2-3,12H,1H3,(H,15,16);1,3H;1H4;;;/q;;;;;2*+1/p-2. The summed E-state index contributed by atoms with van der Waals surface area (Å²) < 4.78 is 0. The molecule has 0 fully saturated rings. The maximum Gasteiger partial charge on any atom is 1.00 e. The van der Waals surface area contributed by atoms with Gasteiger partial charge < -0.3 is 30.0 Å². The van der Waals surface area contributed by atoms with Gasteiger partial charge in [-0.3, -0.25) is 19.2 Å². The monoisotopic (exact) mass is 667 g/mol. The fourth-order valence-electron chi connectivity index (χ4n) is 3.21. The van der Waals surface area contributed by atoms with Gasteiger partial charge in [0.15, 0.2) is 16.1 Å². The zero-order valence-corrected chi connectivity index (χ0v) is 32.7. The summed E-state index contributed by atoms with van der Waals surface area (Å²) in [7, 11) is 0. The van der Waals surface area contributed by atoms with Crippen molar-refractivity contribution >= 4 is 126 Å². The number of carboxylic acids is 1. The molecule has 0 unspecified atom stereocenters. The molecule has 0 amide bonds. The van der Waals surface area contributed by atoms with Crippen LogP contribution in [-0.2, 0) is 19.3 Å². The van der Waals surface area contributed by atoms with Gasteiger partial charge in [0.2, 0.25) is 11.6 Å². The summed E-state index contributed by atoms with van der Waals surface area (Å²) in [6.45, 7) is 4.60. The SMILES string of the molecule is C.CC(=O)C(=O)c1c[nH]c2c(Cl)ncc(C)c12.Cc1cnc(Cl)c2[nH]cc(C(=O)C(=O)[O-])c12.O=CO[O-].[K+].[K+].[K]. The summed E-state index contributed by atoms with van der Waals surface area (Å²) in [6.07, 6.45) is 5.85. The number of nitrogens with one attached hydrogen (secondary N) is 2. The first kappa shape index (κ1) is 45.2. The zero-order chi connectivity index (χ0) is 27.2. The Morgan fingerprint density at radius 2 is 1.23 bits per heavy atom. The zero-order valence-electron chi connectivity index (χ0n) is 21.8.